The first-order chi connectivity index (χ1) is 12.3. The van der Waals surface area contributed by atoms with Gasteiger partial charge >= 0.3 is 0 Å². The third-order valence-corrected chi connectivity index (χ3v) is 5.79. The molecule has 2 aliphatic heterocycles. The van der Waals surface area contributed by atoms with Crippen LogP contribution in [0.3, 0.4) is 0 Å². The number of nitrogens with one attached hydrogen (secondary N) is 1. The van der Waals surface area contributed by atoms with Crippen LogP contribution < -0.4 is 5.32 Å². The van der Waals surface area contributed by atoms with Crippen LogP contribution in [0, 0.1) is 5.92 Å². The Hall–Kier alpha value is -1.81. The molecule has 0 amide bonds. The van der Waals surface area contributed by atoms with Crippen molar-refractivity contribution in [3.8, 4) is 0 Å². The average Bonchev–Trinajstić information content (AvgIpc) is 3.04. The lowest BCUT2D eigenvalue weighted by Gasteiger charge is -2.25. The molecule has 4 heteroatoms. The molecule has 1 aromatic rings. The van der Waals surface area contributed by atoms with Crippen molar-refractivity contribution in [3.05, 3.63) is 48.0 Å². The van der Waals surface area contributed by atoms with Crippen LogP contribution in [-0.2, 0) is 0 Å². The Morgan fingerprint density at radius 2 is 2.00 bits per heavy atom. The van der Waals surface area contributed by atoms with Gasteiger partial charge in [0.15, 0.2) is 5.96 Å². The topological polar surface area (TPSA) is 30.9 Å². The molecule has 4 rings (SSSR count). The minimum absolute atomic E-state index is 0.678. The fraction of sp³-hybridized carbons (Fsp3) is 0.571. The van der Waals surface area contributed by atoms with Crippen LogP contribution in [0.25, 0.3) is 0 Å². The van der Waals surface area contributed by atoms with Crippen molar-refractivity contribution in [1.82, 2.24) is 15.1 Å². The van der Waals surface area contributed by atoms with E-state index in [0.717, 1.165) is 57.1 Å². The summed E-state index contributed by atoms with van der Waals surface area (Å²) < 4.78 is 0. The number of nitrogens with zero attached hydrogens (tertiary/aromatic N) is 3. The number of rotatable bonds is 5. The maximum atomic E-state index is 4.99. The predicted octanol–water partition coefficient (Wildman–Crippen LogP) is 2.70. The summed E-state index contributed by atoms with van der Waals surface area (Å²) in [6, 6.07) is 11.6. The third kappa shape index (κ3) is 3.90. The first-order valence-corrected chi connectivity index (χ1v) is 9.82. The van der Waals surface area contributed by atoms with E-state index >= 15 is 0 Å². The van der Waals surface area contributed by atoms with Gasteiger partial charge in [-0.25, -0.2) is 0 Å². The van der Waals surface area contributed by atoms with Gasteiger partial charge in [0, 0.05) is 45.3 Å². The molecule has 1 saturated heterocycles. The minimum Gasteiger partial charge on any atom is -0.357 e. The van der Waals surface area contributed by atoms with Crippen LogP contribution in [-0.4, -0.2) is 61.1 Å². The van der Waals surface area contributed by atoms with Crippen LogP contribution in [0.2, 0.25) is 0 Å². The molecular weight excluding hydrogens is 308 g/mol. The van der Waals surface area contributed by atoms with Crippen LogP contribution in [0.5, 0.6) is 0 Å². The van der Waals surface area contributed by atoms with E-state index in [1.165, 1.54) is 18.4 Å². The summed E-state index contributed by atoms with van der Waals surface area (Å²) in [5, 5.41) is 3.52. The summed E-state index contributed by atoms with van der Waals surface area (Å²) in [6.45, 7) is 8.53. The maximum absolute atomic E-state index is 4.99. The molecular formula is C21H30N4. The van der Waals surface area contributed by atoms with Gasteiger partial charge in [-0.2, -0.15) is 0 Å². The zero-order chi connectivity index (χ0) is 17.1. The van der Waals surface area contributed by atoms with Crippen molar-refractivity contribution in [2.45, 2.75) is 31.7 Å². The molecule has 2 heterocycles. The Labute approximate surface area is 151 Å². The minimum atomic E-state index is 0.678. The van der Waals surface area contributed by atoms with E-state index in [1.807, 2.05) is 0 Å². The highest BCUT2D eigenvalue weighted by atomic mass is 15.3. The van der Waals surface area contributed by atoms with Crippen LogP contribution in [0.1, 0.15) is 31.2 Å². The molecule has 1 saturated carbocycles. The maximum Gasteiger partial charge on any atom is 0.193 e. The predicted molar refractivity (Wildman–Crippen MR) is 104 cm³/mol. The molecule has 4 nitrogen and oxygen atoms in total. The lowest BCUT2D eigenvalue weighted by Crippen LogP contribution is -2.43. The van der Waals surface area contributed by atoms with Gasteiger partial charge in [-0.15, -0.1) is 0 Å². The van der Waals surface area contributed by atoms with Crippen molar-refractivity contribution in [2.75, 3.05) is 39.3 Å². The molecule has 3 atom stereocenters. The van der Waals surface area contributed by atoms with Crippen molar-refractivity contribution in [1.29, 1.82) is 0 Å². The summed E-state index contributed by atoms with van der Waals surface area (Å²) in [5.41, 5.74) is 1.48. The highest BCUT2D eigenvalue weighted by Gasteiger charge is 2.38. The van der Waals surface area contributed by atoms with E-state index < -0.39 is 0 Å². The zero-order valence-electron chi connectivity index (χ0n) is 15.3. The van der Waals surface area contributed by atoms with E-state index in [9.17, 15) is 0 Å². The van der Waals surface area contributed by atoms with Crippen LogP contribution in [0.4, 0.5) is 0 Å². The standard InChI is InChI=1S/C21H30N4/c1-2-22-21(25-13-10-19(16-25)24-11-6-7-12-24)23-15-18-14-20(18)17-8-4-3-5-9-17/h3-9,18-20H,2,10-16H2,1H3,(H,22,23). The van der Waals surface area contributed by atoms with E-state index in [2.05, 4.69) is 64.5 Å². The Balaban J connectivity index is 1.33. The monoisotopic (exact) mass is 338 g/mol. The summed E-state index contributed by atoms with van der Waals surface area (Å²) in [7, 11) is 0. The van der Waals surface area contributed by atoms with Crippen LogP contribution >= 0.6 is 0 Å². The van der Waals surface area contributed by atoms with Crippen molar-refractivity contribution >= 4 is 5.96 Å². The first-order valence-electron chi connectivity index (χ1n) is 9.82. The van der Waals surface area contributed by atoms with Crippen molar-refractivity contribution in [3.63, 3.8) is 0 Å². The molecule has 134 valence electrons. The van der Waals surface area contributed by atoms with Crippen LogP contribution in [0.15, 0.2) is 47.5 Å². The molecule has 2 fully saturated rings. The SMILES string of the molecule is CCNC(=NCC1CC1c1ccccc1)N1CCC(N2CC=CC2)C1. The number of likely N-dealkylation sites (tertiary alicyclic amines) is 1. The fourth-order valence-corrected chi connectivity index (χ4v) is 4.21. The second-order valence-corrected chi connectivity index (χ2v) is 7.52. The normalized spacial score (nSPS) is 29.4. The molecule has 0 aromatic heterocycles. The quantitative estimate of drug-likeness (QED) is 0.509. The number of benzene rings is 1. The smallest absolute Gasteiger partial charge is 0.193 e. The average molecular weight is 338 g/mol. The van der Waals surface area contributed by atoms with Crippen molar-refractivity contribution in [2.24, 2.45) is 10.9 Å². The highest BCUT2D eigenvalue weighted by molar-refractivity contribution is 5.80. The Morgan fingerprint density at radius 3 is 2.76 bits per heavy atom. The molecule has 1 aliphatic carbocycles. The Bertz CT molecular complexity index is 616. The second kappa shape index (κ2) is 7.61. The molecule has 3 aliphatic rings. The van der Waals surface area contributed by atoms with Gasteiger partial charge in [0.25, 0.3) is 0 Å². The lowest BCUT2D eigenvalue weighted by atomic mass is 10.1. The summed E-state index contributed by atoms with van der Waals surface area (Å²) in [4.78, 5) is 10.0. The van der Waals surface area contributed by atoms with Gasteiger partial charge in [0.1, 0.15) is 0 Å². The number of hydrogen-bond acceptors (Lipinski definition) is 2. The van der Waals surface area contributed by atoms with Crippen molar-refractivity contribution < 1.29 is 0 Å². The number of guanidine groups is 1. The molecule has 0 spiro atoms. The van der Waals surface area contributed by atoms with E-state index in [1.54, 1.807) is 0 Å². The molecule has 0 bridgehead atoms. The fourth-order valence-electron chi connectivity index (χ4n) is 4.21. The molecule has 3 unspecified atom stereocenters. The van der Waals surface area contributed by atoms with Gasteiger partial charge < -0.3 is 10.2 Å². The Morgan fingerprint density at radius 1 is 1.20 bits per heavy atom. The highest BCUT2D eigenvalue weighted by Crippen LogP contribution is 2.47. The lowest BCUT2D eigenvalue weighted by molar-refractivity contribution is 0.259. The van der Waals surface area contributed by atoms with Gasteiger partial charge in [-0.05, 0) is 37.2 Å². The zero-order valence-corrected chi connectivity index (χ0v) is 15.3. The molecule has 25 heavy (non-hydrogen) atoms. The Kier molecular flexibility index (Phi) is 5.07. The van der Waals surface area contributed by atoms with Gasteiger partial charge in [0.2, 0.25) is 0 Å². The van der Waals surface area contributed by atoms with E-state index in [0.29, 0.717) is 6.04 Å². The van der Waals surface area contributed by atoms with E-state index in [-0.39, 0.29) is 0 Å². The molecule has 1 N–H and O–H groups in total. The summed E-state index contributed by atoms with van der Waals surface area (Å²) >= 11 is 0. The number of hydrogen-bond donors (Lipinski definition) is 1. The van der Waals surface area contributed by atoms with Gasteiger partial charge in [-0.3, -0.25) is 9.89 Å². The molecule has 1 aromatic carbocycles. The van der Waals surface area contributed by atoms with Gasteiger partial charge in [0.05, 0.1) is 0 Å². The third-order valence-electron chi connectivity index (χ3n) is 5.79. The second-order valence-electron chi connectivity index (χ2n) is 7.52. The first kappa shape index (κ1) is 16.6. The number of aliphatic imine (C=N–C) groups is 1. The van der Waals surface area contributed by atoms with Gasteiger partial charge in [-0.1, -0.05) is 42.5 Å². The molecule has 0 radical (unpaired) electrons. The largest absolute Gasteiger partial charge is 0.357 e. The summed E-state index contributed by atoms with van der Waals surface area (Å²) in [5.74, 6) is 2.56. The van der Waals surface area contributed by atoms with E-state index in [4.69, 9.17) is 4.99 Å². The summed E-state index contributed by atoms with van der Waals surface area (Å²) in [6.07, 6.45) is 7.12.